The zero-order chi connectivity index (χ0) is 30.6. The zero-order valence-electron chi connectivity index (χ0n) is 25.5. The summed E-state index contributed by atoms with van der Waals surface area (Å²) in [6, 6.07) is 49.8. The lowest BCUT2D eigenvalue weighted by Gasteiger charge is -2.28. The van der Waals surface area contributed by atoms with Crippen LogP contribution in [0, 0.1) is 0 Å². The first-order chi connectivity index (χ1) is 22.6. The van der Waals surface area contributed by atoms with Gasteiger partial charge in [0.2, 0.25) is 0 Å². The Morgan fingerprint density at radius 2 is 1.15 bits per heavy atom. The van der Waals surface area contributed by atoms with Crippen LogP contribution in [0.1, 0.15) is 25.0 Å². The molecule has 7 aromatic carbocycles. The Morgan fingerprint density at radius 1 is 0.457 bits per heavy atom. The van der Waals surface area contributed by atoms with Crippen LogP contribution in [0.15, 0.2) is 148 Å². The third kappa shape index (κ3) is 3.43. The lowest BCUT2D eigenvalue weighted by atomic mass is 9.82. The van der Waals surface area contributed by atoms with Crippen LogP contribution in [0.3, 0.4) is 0 Å². The first-order valence-corrected chi connectivity index (χ1v) is 15.9. The summed E-state index contributed by atoms with van der Waals surface area (Å²) >= 11 is 0. The van der Waals surface area contributed by atoms with Gasteiger partial charge in [-0.3, -0.25) is 0 Å². The highest BCUT2D eigenvalue weighted by atomic mass is 16.3. The first-order valence-electron chi connectivity index (χ1n) is 15.9. The van der Waals surface area contributed by atoms with Gasteiger partial charge in [0.15, 0.2) is 0 Å². The highest BCUT2D eigenvalue weighted by molar-refractivity contribution is 6.28. The van der Waals surface area contributed by atoms with Gasteiger partial charge in [-0.2, -0.15) is 0 Å². The molecule has 0 spiro atoms. The van der Waals surface area contributed by atoms with Gasteiger partial charge in [0.05, 0.1) is 0 Å². The molecule has 0 N–H and O–H groups in total. The summed E-state index contributed by atoms with van der Waals surface area (Å²) in [6.45, 7) is 4.67. The molecule has 3 heteroatoms. The fourth-order valence-electron chi connectivity index (χ4n) is 7.84. The second-order valence-corrected chi connectivity index (χ2v) is 12.9. The maximum Gasteiger partial charge on any atom is 0.144 e. The van der Waals surface area contributed by atoms with Crippen molar-refractivity contribution < 1.29 is 8.83 Å². The Labute approximate surface area is 265 Å². The highest BCUT2D eigenvalue weighted by Crippen LogP contribution is 2.51. The van der Waals surface area contributed by atoms with E-state index in [-0.39, 0.29) is 5.41 Å². The molecular formula is C43H29NO2. The monoisotopic (exact) mass is 591 g/mol. The third-order valence-electron chi connectivity index (χ3n) is 10.0. The molecule has 0 fully saturated rings. The molecule has 0 radical (unpaired) electrons. The van der Waals surface area contributed by atoms with E-state index in [0.717, 1.165) is 71.7 Å². The molecule has 0 bridgehead atoms. The van der Waals surface area contributed by atoms with Gasteiger partial charge in [-0.25, -0.2) is 0 Å². The van der Waals surface area contributed by atoms with E-state index in [1.165, 1.54) is 22.3 Å². The Hall–Kier alpha value is -5.80. The van der Waals surface area contributed by atoms with E-state index in [0.29, 0.717) is 0 Å². The highest BCUT2D eigenvalue weighted by Gasteiger charge is 2.35. The number of hydrogen-bond acceptors (Lipinski definition) is 3. The van der Waals surface area contributed by atoms with E-state index in [1.54, 1.807) is 0 Å². The van der Waals surface area contributed by atoms with Crippen LogP contribution in [0.4, 0.5) is 17.1 Å². The van der Waals surface area contributed by atoms with Gasteiger partial charge < -0.3 is 13.7 Å². The SMILES string of the molecule is CC1(C)c2ccccc2-c2ccc(N(c3ccccc3)c3ccc4oc5c(ccc6ccc7oc8ccccc8c7c65)c4c3)cc21. The Morgan fingerprint density at radius 3 is 2.07 bits per heavy atom. The maximum atomic E-state index is 6.70. The van der Waals surface area contributed by atoms with Gasteiger partial charge in [0.1, 0.15) is 22.3 Å². The molecule has 1 aliphatic carbocycles. The largest absolute Gasteiger partial charge is 0.456 e. The molecule has 46 heavy (non-hydrogen) atoms. The molecule has 0 amide bonds. The summed E-state index contributed by atoms with van der Waals surface area (Å²) in [5.74, 6) is 0. The van der Waals surface area contributed by atoms with Crippen molar-refractivity contribution in [1.82, 2.24) is 0 Å². The summed E-state index contributed by atoms with van der Waals surface area (Å²) in [6.07, 6.45) is 0. The lowest BCUT2D eigenvalue weighted by molar-refractivity contribution is 0.660. The second-order valence-electron chi connectivity index (χ2n) is 12.9. The van der Waals surface area contributed by atoms with Crippen LogP contribution in [0.2, 0.25) is 0 Å². The fraction of sp³-hybridized carbons (Fsp3) is 0.0698. The van der Waals surface area contributed by atoms with Crippen molar-refractivity contribution >= 4 is 71.7 Å². The van der Waals surface area contributed by atoms with E-state index >= 15 is 0 Å². The predicted molar refractivity (Wildman–Crippen MR) is 191 cm³/mol. The van der Waals surface area contributed by atoms with Crippen molar-refractivity contribution in [3.8, 4) is 11.1 Å². The predicted octanol–water partition coefficient (Wildman–Crippen LogP) is 12.4. The normalized spacial score (nSPS) is 13.6. The van der Waals surface area contributed by atoms with Gasteiger partial charge in [-0.1, -0.05) is 92.7 Å². The first kappa shape index (κ1) is 25.5. The minimum absolute atomic E-state index is 0.0847. The summed E-state index contributed by atoms with van der Waals surface area (Å²) in [5.41, 5.74) is 12.2. The average molecular weight is 592 g/mol. The number of fused-ring (bicyclic) bond motifs is 12. The minimum atomic E-state index is -0.0847. The van der Waals surface area contributed by atoms with Crippen LogP contribution < -0.4 is 4.90 Å². The van der Waals surface area contributed by atoms with Crippen molar-refractivity contribution in [2.24, 2.45) is 0 Å². The van der Waals surface area contributed by atoms with E-state index in [4.69, 9.17) is 8.83 Å². The molecule has 0 aliphatic heterocycles. The number of rotatable bonds is 3. The van der Waals surface area contributed by atoms with Gasteiger partial charge in [-0.05, 0) is 88.3 Å². The topological polar surface area (TPSA) is 29.5 Å². The molecular weight excluding hydrogens is 562 g/mol. The molecule has 0 atom stereocenters. The number of nitrogens with zero attached hydrogens (tertiary/aromatic N) is 1. The summed E-state index contributed by atoms with van der Waals surface area (Å²) in [5, 5.41) is 6.63. The molecule has 0 unspecified atom stereocenters. The minimum Gasteiger partial charge on any atom is -0.456 e. The summed E-state index contributed by atoms with van der Waals surface area (Å²) in [7, 11) is 0. The number of anilines is 3. The van der Waals surface area contributed by atoms with Crippen molar-refractivity contribution in [3.05, 3.63) is 151 Å². The molecule has 3 nitrogen and oxygen atoms in total. The van der Waals surface area contributed by atoms with E-state index in [1.807, 2.05) is 12.1 Å². The van der Waals surface area contributed by atoms with Crippen molar-refractivity contribution in [2.45, 2.75) is 19.3 Å². The van der Waals surface area contributed by atoms with Gasteiger partial charge in [0, 0.05) is 49.4 Å². The molecule has 218 valence electrons. The van der Waals surface area contributed by atoms with Crippen LogP contribution in [-0.4, -0.2) is 0 Å². The summed E-state index contributed by atoms with van der Waals surface area (Å²) < 4.78 is 13.0. The Balaban J connectivity index is 1.20. The Bertz CT molecular complexity index is 2670. The standard InChI is InChI=1S/C43H29NO2/c1-43(2)35-14-8-6-12-30(35)31-21-18-29(25-36(31)43)44(27-10-4-3-5-11-27)28-19-23-38-34(24-28)32-20-16-26-17-22-39-41(40(26)42(32)46-38)33-13-7-9-15-37(33)45-39/h3-25H,1-2H3. The second kappa shape index (κ2) is 9.12. The number of benzene rings is 7. The molecule has 2 heterocycles. The molecule has 0 saturated heterocycles. The van der Waals surface area contributed by atoms with Gasteiger partial charge in [-0.15, -0.1) is 0 Å². The van der Waals surface area contributed by atoms with Crippen LogP contribution in [0.5, 0.6) is 0 Å². The van der Waals surface area contributed by atoms with E-state index < -0.39 is 0 Å². The van der Waals surface area contributed by atoms with Crippen LogP contribution in [0.25, 0.3) is 65.8 Å². The lowest BCUT2D eigenvalue weighted by Crippen LogP contribution is -2.16. The molecule has 0 saturated carbocycles. The average Bonchev–Trinajstić information content (AvgIpc) is 3.73. The van der Waals surface area contributed by atoms with E-state index in [2.05, 4.69) is 146 Å². The molecule has 1 aliphatic rings. The van der Waals surface area contributed by atoms with Crippen molar-refractivity contribution in [3.63, 3.8) is 0 Å². The Kier molecular flexibility index (Phi) is 5.06. The van der Waals surface area contributed by atoms with E-state index in [9.17, 15) is 0 Å². The van der Waals surface area contributed by atoms with Gasteiger partial charge >= 0.3 is 0 Å². The van der Waals surface area contributed by atoms with Crippen LogP contribution in [-0.2, 0) is 5.41 Å². The number of para-hydroxylation sites is 2. The smallest absolute Gasteiger partial charge is 0.144 e. The molecule has 2 aromatic heterocycles. The zero-order valence-corrected chi connectivity index (χ0v) is 25.5. The van der Waals surface area contributed by atoms with Crippen molar-refractivity contribution in [1.29, 1.82) is 0 Å². The third-order valence-corrected chi connectivity index (χ3v) is 10.0. The van der Waals surface area contributed by atoms with Gasteiger partial charge in [0.25, 0.3) is 0 Å². The number of hydrogen-bond donors (Lipinski definition) is 0. The molecule has 10 rings (SSSR count). The maximum absolute atomic E-state index is 6.70. The number of furan rings is 2. The fourth-order valence-corrected chi connectivity index (χ4v) is 7.84. The summed E-state index contributed by atoms with van der Waals surface area (Å²) in [4.78, 5) is 2.36. The van der Waals surface area contributed by atoms with Crippen LogP contribution >= 0.6 is 0 Å². The quantitative estimate of drug-likeness (QED) is 0.205. The molecule has 9 aromatic rings. The van der Waals surface area contributed by atoms with Crippen molar-refractivity contribution in [2.75, 3.05) is 4.90 Å².